The summed E-state index contributed by atoms with van der Waals surface area (Å²) in [5, 5.41) is 9.78. The highest BCUT2D eigenvalue weighted by atomic mass is 79.9. The minimum Gasteiger partial charge on any atom is -0.489 e. The van der Waals surface area contributed by atoms with E-state index in [0.29, 0.717) is 23.1 Å². The Balaban J connectivity index is 1.55. The van der Waals surface area contributed by atoms with Crippen molar-refractivity contribution < 1.29 is 9.53 Å². The molecule has 136 valence electrons. The van der Waals surface area contributed by atoms with Crippen LogP contribution in [0.15, 0.2) is 46.4 Å². The average molecular weight is 455 g/mol. The average Bonchev–Trinajstić information content (AvgIpc) is 3.26. The number of benzene rings is 1. The van der Waals surface area contributed by atoms with Crippen LogP contribution in [0.4, 0.5) is 0 Å². The quantitative estimate of drug-likeness (QED) is 0.553. The number of carbonyl (C=O) groups excluding carboxylic acids is 1. The number of carbonyl (C=O) groups is 1. The molecule has 2 heterocycles. The molecular weight excluding hydrogens is 438 g/mol. The van der Waals surface area contributed by atoms with Gasteiger partial charge in [0.2, 0.25) is 0 Å². The van der Waals surface area contributed by atoms with Gasteiger partial charge in [-0.2, -0.15) is 5.10 Å². The van der Waals surface area contributed by atoms with E-state index in [2.05, 4.69) is 26.3 Å². The van der Waals surface area contributed by atoms with E-state index in [1.807, 2.05) is 35.2 Å². The Morgan fingerprint density at radius 3 is 2.88 bits per heavy atom. The van der Waals surface area contributed by atoms with Gasteiger partial charge in [-0.05, 0) is 58.6 Å². The van der Waals surface area contributed by atoms with E-state index in [9.17, 15) is 4.79 Å². The number of nitrogens with one attached hydrogen (secondary N) is 1. The van der Waals surface area contributed by atoms with Gasteiger partial charge in [0.1, 0.15) is 12.4 Å². The molecule has 3 aromatic rings. The van der Waals surface area contributed by atoms with Crippen LogP contribution in [0, 0.1) is 0 Å². The first-order valence-electron chi connectivity index (χ1n) is 8.01. The second kappa shape index (κ2) is 8.70. The molecule has 5 nitrogen and oxygen atoms in total. The van der Waals surface area contributed by atoms with Crippen molar-refractivity contribution in [3.8, 4) is 5.75 Å². The van der Waals surface area contributed by atoms with Crippen molar-refractivity contribution in [2.75, 3.05) is 0 Å². The van der Waals surface area contributed by atoms with Gasteiger partial charge in [0, 0.05) is 17.1 Å². The van der Waals surface area contributed by atoms with Gasteiger partial charge < -0.3 is 10.1 Å². The van der Waals surface area contributed by atoms with Crippen molar-refractivity contribution in [3.05, 3.63) is 67.5 Å². The zero-order chi connectivity index (χ0) is 18.5. The van der Waals surface area contributed by atoms with E-state index in [1.165, 1.54) is 11.3 Å². The van der Waals surface area contributed by atoms with Crippen LogP contribution in [0.2, 0.25) is 5.02 Å². The molecule has 2 aromatic heterocycles. The Bertz CT molecular complexity index is 892. The van der Waals surface area contributed by atoms with Crippen molar-refractivity contribution in [2.24, 2.45) is 0 Å². The molecular formula is C18H17BrClN3O2S. The number of amides is 1. The summed E-state index contributed by atoms with van der Waals surface area (Å²) >= 11 is 10.7. The van der Waals surface area contributed by atoms with Gasteiger partial charge in [-0.25, -0.2) is 0 Å². The van der Waals surface area contributed by atoms with Gasteiger partial charge in [0.25, 0.3) is 5.91 Å². The van der Waals surface area contributed by atoms with Crippen LogP contribution in [0.5, 0.6) is 5.75 Å². The maximum atomic E-state index is 12.4. The second-order valence-electron chi connectivity index (χ2n) is 5.50. The number of nitrogens with zero attached hydrogens (tertiary/aromatic N) is 2. The number of hydrogen-bond donors (Lipinski definition) is 1. The van der Waals surface area contributed by atoms with Crippen LogP contribution in [-0.4, -0.2) is 15.7 Å². The Hall–Kier alpha value is -1.83. The van der Waals surface area contributed by atoms with Crippen LogP contribution in [-0.2, 0) is 19.7 Å². The second-order valence-corrected chi connectivity index (χ2v) is 7.70. The van der Waals surface area contributed by atoms with Crippen molar-refractivity contribution in [1.29, 1.82) is 0 Å². The Morgan fingerprint density at radius 2 is 2.15 bits per heavy atom. The highest BCUT2D eigenvalue weighted by Gasteiger charge is 2.12. The predicted molar refractivity (Wildman–Crippen MR) is 107 cm³/mol. The molecule has 0 aliphatic rings. The van der Waals surface area contributed by atoms with Crippen LogP contribution >= 0.6 is 38.9 Å². The number of aromatic nitrogens is 2. The number of rotatable bonds is 7. The molecule has 0 spiro atoms. The maximum absolute atomic E-state index is 12.4. The molecule has 26 heavy (non-hydrogen) atoms. The van der Waals surface area contributed by atoms with E-state index in [-0.39, 0.29) is 5.91 Å². The van der Waals surface area contributed by atoms with Crippen LogP contribution in [0.1, 0.15) is 27.9 Å². The van der Waals surface area contributed by atoms with Crippen LogP contribution in [0.25, 0.3) is 0 Å². The zero-order valence-corrected chi connectivity index (χ0v) is 17.2. The SMILES string of the molecule is CCn1ncc(Br)c1CNC(=O)c1cc(COc2ccc(Cl)cc2)cs1. The van der Waals surface area contributed by atoms with Gasteiger partial charge in [-0.3, -0.25) is 9.48 Å². The lowest BCUT2D eigenvalue weighted by Crippen LogP contribution is -2.23. The third-order valence-electron chi connectivity index (χ3n) is 3.71. The predicted octanol–water partition coefficient (Wildman–Crippen LogP) is 4.89. The summed E-state index contributed by atoms with van der Waals surface area (Å²) in [6.45, 7) is 3.58. The zero-order valence-electron chi connectivity index (χ0n) is 14.0. The van der Waals surface area contributed by atoms with Crippen LogP contribution in [0.3, 0.4) is 0 Å². The monoisotopic (exact) mass is 453 g/mol. The lowest BCUT2D eigenvalue weighted by Gasteiger charge is -2.07. The van der Waals surface area contributed by atoms with Crippen molar-refractivity contribution in [3.63, 3.8) is 0 Å². The number of aryl methyl sites for hydroxylation is 1. The Kier molecular flexibility index (Phi) is 6.34. The molecule has 0 aliphatic heterocycles. The lowest BCUT2D eigenvalue weighted by molar-refractivity contribution is 0.0954. The summed E-state index contributed by atoms with van der Waals surface area (Å²) in [6.07, 6.45) is 1.74. The summed E-state index contributed by atoms with van der Waals surface area (Å²) < 4.78 is 8.45. The van der Waals surface area contributed by atoms with Crippen molar-refractivity contribution in [2.45, 2.75) is 26.6 Å². The summed E-state index contributed by atoms with van der Waals surface area (Å²) in [7, 11) is 0. The largest absolute Gasteiger partial charge is 0.489 e. The van der Waals surface area contributed by atoms with E-state index in [0.717, 1.165) is 28.0 Å². The molecule has 0 atom stereocenters. The highest BCUT2D eigenvalue weighted by Crippen LogP contribution is 2.20. The first-order chi connectivity index (χ1) is 12.6. The lowest BCUT2D eigenvalue weighted by atomic mass is 10.3. The maximum Gasteiger partial charge on any atom is 0.261 e. The summed E-state index contributed by atoms with van der Waals surface area (Å²) in [5.74, 6) is 0.632. The number of halogens is 2. The fourth-order valence-electron chi connectivity index (χ4n) is 2.36. The minimum absolute atomic E-state index is 0.108. The molecule has 1 aromatic carbocycles. The molecule has 0 aliphatic carbocycles. The molecule has 3 rings (SSSR count). The molecule has 0 fully saturated rings. The van der Waals surface area contributed by atoms with E-state index in [4.69, 9.17) is 16.3 Å². The molecule has 0 unspecified atom stereocenters. The van der Waals surface area contributed by atoms with Gasteiger partial charge in [0.15, 0.2) is 0 Å². The molecule has 0 radical (unpaired) electrons. The van der Waals surface area contributed by atoms with Gasteiger partial charge >= 0.3 is 0 Å². The molecule has 0 saturated heterocycles. The molecule has 0 saturated carbocycles. The first kappa shape index (κ1) is 18.9. The van der Waals surface area contributed by atoms with Crippen molar-refractivity contribution >= 4 is 44.8 Å². The molecule has 0 bridgehead atoms. The number of hydrogen-bond acceptors (Lipinski definition) is 4. The minimum atomic E-state index is -0.108. The Labute approximate surface area is 169 Å². The third kappa shape index (κ3) is 4.66. The summed E-state index contributed by atoms with van der Waals surface area (Å²) in [5.41, 5.74) is 1.90. The molecule has 1 N–H and O–H groups in total. The molecule has 1 amide bonds. The third-order valence-corrected chi connectivity index (χ3v) is 5.60. The number of thiophene rings is 1. The van der Waals surface area contributed by atoms with Gasteiger partial charge in [-0.1, -0.05) is 11.6 Å². The normalized spacial score (nSPS) is 10.7. The standard InChI is InChI=1S/C18H17BrClN3O2S/c1-2-23-16(15(19)8-22-23)9-21-18(24)17-7-12(11-26-17)10-25-14-5-3-13(20)4-6-14/h3-8,11H,2,9-10H2,1H3,(H,21,24). The van der Waals surface area contributed by atoms with E-state index in [1.54, 1.807) is 18.3 Å². The first-order valence-corrected chi connectivity index (χ1v) is 10.1. The van der Waals surface area contributed by atoms with E-state index >= 15 is 0 Å². The van der Waals surface area contributed by atoms with Gasteiger partial charge in [-0.15, -0.1) is 11.3 Å². The topological polar surface area (TPSA) is 56.2 Å². The fraction of sp³-hybridized carbons (Fsp3) is 0.222. The number of ether oxygens (including phenoxy) is 1. The highest BCUT2D eigenvalue weighted by molar-refractivity contribution is 9.10. The summed E-state index contributed by atoms with van der Waals surface area (Å²) in [4.78, 5) is 13.0. The van der Waals surface area contributed by atoms with E-state index < -0.39 is 0 Å². The Morgan fingerprint density at radius 1 is 1.38 bits per heavy atom. The van der Waals surface area contributed by atoms with Gasteiger partial charge in [0.05, 0.1) is 27.8 Å². The molecule has 8 heteroatoms. The van der Waals surface area contributed by atoms with Crippen molar-refractivity contribution in [1.82, 2.24) is 15.1 Å². The fourth-order valence-corrected chi connectivity index (χ4v) is 3.73. The summed E-state index contributed by atoms with van der Waals surface area (Å²) in [6, 6.07) is 9.04. The smallest absolute Gasteiger partial charge is 0.261 e. The van der Waals surface area contributed by atoms with Crippen LogP contribution < -0.4 is 10.1 Å².